The summed E-state index contributed by atoms with van der Waals surface area (Å²) in [6.07, 6.45) is -1.47. The molecule has 0 aromatic rings. The molecule has 0 aromatic heterocycles. The van der Waals surface area contributed by atoms with Crippen molar-refractivity contribution in [3.8, 4) is 0 Å². The zero-order valence-electron chi connectivity index (χ0n) is 23.4. The fraction of sp³-hybridized carbons (Fsp3) is 0.864. The summed E-state index contributed by atoms with van der Waals surface area (Å²) in [7, 11) is 0.0993. The van der Waals surface area contributed by atoms with Crippen LogP contribution in [0.2, 0.25) is 0 Å². The smallest absolute Gasteiger partial charge is 0.447 e. The fourth-order valence-electron chi connectivity index (χ4n) is 2.48. The van der Waals surface area contributed by atoms with E-state index >= 15 is 0 Å². The van der Waals surface area contributed by atoms with E-state index in [0.29, 0.717) is 39.3 Å². The number of hydrogen-bond donors (Lipinski definition) is 4. The molecule has 2 atom stereocenters. The fourth-order valence-corrected chi connectivity index (χ4v) is 2.95. The lowest BCUT2D eigenvalue weighted by Crippen LogP contribution is -2.35. The minimum absolute atomic E-state index is 0.0615. The van der Waals surface area contributed by atoms with Gasteiger partial charge in [0, 0.05) is 47.4 Å². The molecule has 0 aromatic carbocycles. The second-order valence-electron chi connectivity index (χ2n) is 7.74. The summed E-state index contributed by atoms with van der Waals surface area (Å²) in [5.41, 5.74) is 0. The average molecular weight is 606 g/mol. The van der Waals surface area contributed by atoms with Crippen LogP contribution < -0.4 is 16.0 Å². The van der Waals surface area contributed by atoms with Gasteiger partial charge in [-0.05, 0) is 12.8 Å². The molecular formula is C22H44N3O14P. The summed E-state index contributed by atoms with van der Waals surface area (Å²) >= 11 is 0. The second-order valence-corrected chi connectivity index (χ2v) is 9.30. The maximum absolute atomic E-state index is 12.0. The molecule has 0 saturated carbocycles. The summed E-state index contributed by atoms with van der Waals surface area (Å²) in [5, 5.41) is 7.56. The first-order valence-electron chi connectivity index (χ1n) is 12.6. The quantitative estimate of drug-likeness (QED) is 0.0588. The summed E-state index contributed by atoms with van der Waals surface area (Å²) in [6.45, 7) is 1.79. The van der Waals surface area contributed by atoms with Gasteiger partial charge in [0.1, 0.15) is 26.0 Å². The molecule has 0 fully saturated rings. The molecule has 3 amide bonds. The highest BCUT2D eigenvalue weighted by atomic mass is 31.2. The molecule has 0 aliphatic rings. The summed E-state index contributed by atoms with van der Waals surface area (Å²) in [6, 6.07) is 0. The normalized spacial score (nSPS) is 13.2. The third kappa shape index (κ3) is 24.9. The molecule has 2 unspecified atom stereocenters. The molecule has 0 radical (unpaired) electrons. The van der Waals surface area contributed by atoms with Crippen LogP contribution in [0.25, 0.3) is 0 Å². The highest BCUT2D eigenvalue weighted by Gasteiger charge is 2.18. The average Bonchev–Trinajstić information content (AvgIpc) is 2.93. The van der Waals surface area contributed by atoms with Gasteiger partial charge in [-0.2, -0.15) is 0 Å². The van der Waals surface area contributed by atoms with Crippen LogP contribution in [-0.2, 0) is 51.6 Å². The number of hydrogen-bond acceptors (Lipinski definition) is 13. The second kappa shape index (κ2) is 25.9. The molecule has 40 heavy (non-hydrogen) atoms. The number of methoxy groups -OCH3 is 2. The van der Waals surface area contributed by atoms with Crippen molar-refractivity contribution >= 4 is 25.9 Å². The van der Waals surface area contributed by atoms with Crippen LogP contribution in [-0.4, -0.2) is 130 Å². The first-order chi connectivity index (χ1) is 19.2. The van der Waals surface area contributed by atoms with Gasteiger partial charge in [-0.1, -0.05) is 0 Å². The molecule has 236 valence electrons. The van der Waals surface area contributed by atoms with E-state index in [-0.39, 0.29) is 65.2 Å². The van der Waals surface area contributed by atoms with Crippen LogP contribution >= 0.6 is 7.82 Å². The molecular weight excluding hydrogens is 561 g/mol. The van der Waals surface area contributed by atoms with Gasteiger partial charge >= 0.3 is 20.0 Å². The van der Waals surface area contributed by atoms with E-state index in [9.17, 15) is 18.9 Å². The van der Waals surface area contributed by atoms with Gasteiger partial charge in [0.2, 0.25) is 5.91 Å². The Morgan fingerprint density at radius 3 is 2.05 bits per heavy atom. The molecule has 4 N–H and O–H groups in total. The van der Waals surface area contributed by atoms with Crippen molar-refractivity contribution in [2.45, 2.75) is 25.4 Å². The summed E-state index contributed by atoms with van der Waals surface area (Å²) in [5.74, 6) is -0.258. The first kappa shape index (κ1) is 37.9. The van der Waals surface area contributed by atoms with Crippen molar-refractivity contribution in [1.82, 2.24) is 16.0 Å². The Hall–Kier alpha value is -2.08. The zero-order valence-corrected chi connectivity index (χ0v) is 24.3. The largest absolute Gasteiger partial charge is 0.471 e. The lowest BCUT2D eigenvalue weighted by molar-refractivity contribution is -0.121. The third-order valence-corrected chi connectivity index (χ3v) is 5.50. The van der Waals surface area contributed by atoms with Crippen LogP contribution in [0.15, 0.2) is 0 Å². The number of carbonyl (C=O) groups excluding carboxylic acids is 3. The van der Waals surface area contributed by atoms with E-state index in [1.54, 1.807) is 7.11 Å². The summed E-state index contributed by atoms with van der Waals surface area (Å²) < 4.78 is 56.0. The van der Waals surface area contributed by atoms with Gasteiger partial charge in [-0.3, -0.25) is 19.2 Å². The highest BCUT2D eigenvalue weighted by molar-refractivity contribution is 7.47. The predicted octanol–water partition coefficient (Wildman–Crippen LogP) is 0.157. The number of phosphoric ester groups is 1. The molecule has 0 heterocycles. The van der Waals surface area contributed by atoms with E-state index < -0.39 is 26.1 Å². The van der Waals surface area contributed by atoms with Crippen molar-refractivity contribution < 1.29 is 66.0 Å². The molecule has 0 aliphatic heterocycles. The molecule has 0 saturated heterocycles. The van der Waals surface area contributed by atoms with Crippen molar-refractivity contribution in [2.24, 2.45) is 0 Å². The van der Waals surface area contributed by atoms with E-state index in [1.807, 2.05) is 0 Å². The van der Waals surface area contributed by atoms with Crippen LogP contribution in [0.4, 0.5) is 9.59 Å². The highest BCUT2D eigenvalue weighted by Crippen LogP contribution is 2.41. The van der Waals surface area contributed by atoms with Gasteiger partial charge in [-0.15, -0.1) is 0 Å². The lowest BCUT2D eigenvalue weighted by Gasteiger charge is -2.18. The number of rotatable bonds is 26. The molecule has 17 nitrogen and oxygen atoms in total. The minimum atomic E-state index is -4.03. The van der Waals surface area contributed by atoms with E-state index in [2.05, 4.69) is 25.0 Å². The van der Waals surface area contributed by atoms with E-state index in [4.69, 9.17) is 38.1 Å². The van der Waals surface area contributed by atoms with E-state index in [1.165, 1.54) is 7.11 Å². The number of phosphoric acid groups is 1. The van der Waals surface area contributed by atoms with Crippen LogP contribution in [0.1, 0.15) is 19.3 Å². The van der Waals surface area contributed by atoms with Crippen LogP contribution in [0.5, 0.6) is 0 Å². The van der Waals surface area contributed by atoms with Gasteiger partial charge in [-0.25, -0.2) is 14.2 Å². The standard InChI is InChI=1S/C22H44N3O14P/c1-31-12-14-34-11-8-24-21(27)37-16-19(17-38-22(28)25-18-35-15-13-32-2)36-9-4-6-20(26)23-7-5-10-39-40(29,30)33-3/h19H,4-18H2,1-3H3,(H,23,26)(H,24,27)(H,25,28)(H,29,30). The Labute approximate surface area is 234 Å². The van der Waals surface area contributed by atoms with Crippen LogP contribution in [0.3, 0.4) is 0 Å². The van der Waals surface area contributed by atoms with Gasteiger partial charge in [0.05, 0.1) is 39.6 Å². The van der Waals surface area contributed by atoms with Gasteiger partial charge in [0.25, 0.3) is 0 Å². The maximum atomic E-state index is 12.0. The van der Waals surface area contributed by atoms with Crippen molar-refractivity contribution in [3.05, 3.63) is 0 Å². The predicted molar refractivity (Wildman–Crippen MR) is 139 cm³/mol. The number of alkyl carbamates (subject to hydrolysis) is 2. The molecule has 0 spiro atoms. The van der Waals surface area contributed by atoms with E-state index in [0.717, 1.165) is 7.11 Å². The van der Waals surface area contributed by atoms with Gasteiger partial charge < -0.3 is 48.7 Å². The maximum Gasteiger partial charge on any atom is 0.471 e. The lowest BCUT2D eigenvalue weighted by atomic mass is 10.3. The zero-order chi connectivity index (χ0) is 29.9. The third-order valence-electron chi connectivity index (χ3n) is 4.53. The number of ether oxygens (including phenoxy) is 7. The first-order valence-corrected chi connectivity index (χ1v) is 14.1. The monoisotopic (exact) mass is 605 g/mol. The number of nitrogens with one attached hydrogen (secondary N) is 3. The Morgan fingerprint density at radius 1 is 0.750 bits per heavy atom. The summed E-state index contributed by atoms with van der Waals surface area (Å²) in [4.78, 5) is 44.9. The Balaban J connectivity index is 4.34. The molecule has 0 rings (SSSR count). The number of amides is 3. The topological polar surface area (TPSA) is 208 Å². The Kier molecular flexibility index (Phi) is 24.5. The van der Waals surface area contributed by atoms with Crippen molar-refractivity contribution in [2.75, 3.05) is 101 Å². The SMILES string of the molecule is COCCOCCNC(=O)OCC(COC(=O)NCOCCOC)OCCCC(=O)NCCCOP(=O)(O)OC. The van der Waals surface area contributed by atoms with Crippen molar-refractivity contribution in [3.63, 3.8) is 0 Å². The van der Waals surface area contributed by atoms with Crippen molar-refractivity contribution in [1.29, 1.82) is 0 Å². The Morgan fingerprint density at radius 2 is 1.40 bits per heavy atom. The van der Waals surface area contributed by atoms with Gasteiger partial charge in [0.15, 0.2) is 0 Å². The Bertz CT molecular complexity index is 718. The molecule has 18 heteroatoms. The number of carbonyl (C=O) groups is 3. The van der Waals surface area contributed by atoms with Crippen LogP contribution in [0, 0.1) is 0 Å². The molecule has 0 bridgehead atoms. The minimum Gasteiger partial charge on any atom is -0.447 e. The molecule has 0 aliphatic carbocycles.